The van der Waals surface area contributed by atoms with Gasteiger partial charge in [-0.3, -0.25) is 0 Å². The number of nitrogens with zero attached hydrogens (tertiary/aromatic N) is 1. The predicted molar refractivity (Wildman–Crippen MR) is 69.1 cm³/mol. The van der Waals surface area contributed by atoms with Crippen LogP contribution in [-0.2, 0) is 0 Å². The highest BCUT2D eigenvalue weighted by Gasteiger charge is 2.29. The Balaban J connectivity index is 2.28. The number of hydrogen-bond donors (Lipinski definition) is 2. The summed E-state index contributed by atoms with van der Waals surface area (Å²) < 4.78 is 14.0. The molecule has 0 amide bonds. The summed E-state index contributed by atoms with van der Waals surface area (Å²) in [6, 6.07) is 4.77. The molecule has 1 saturated heterocycles. The van der Waals surface area contributed by atoms with Gasteiger partial charge in [-0.25, -0.2) is 4.39 Å². The highest BCUT2D eigenvalue weighted by Crippen LogP contribution is 2.33. The van der Waals surface area contributed by atoms with Crippen LogP contribution >= 0.6 is 0 Å². The minimum atomic E-state index is -0.696. The Morgan fingerprint density at radius 2 is 1.94 bits per heavy atom. The zero-order valence-corrected chi connectivity index (χ0v) is 10.9. The molecule has 0 spiro atoms. The fourth-order valence-corrected chi connectivity index (χ4v) is 2.41. The number of rotatable bonds is 2. The molecule has 0 bridgehead atoms. The van der Waals surface area contributed by atoms with Crippen LogP contribution in [0.3, 0.4) is 0 Å². The number of anilines is 1. The maximum atomic E-state index is 14.0. The Labute approximate surface area is 107 Å². The van der Waals surface area contributed by atoms with Gasteiger partial charge in [0.2, 0.25) is 0 Å². The van der Waals surface area contributed by atoms with E-state index in [1.165, 1.54) is 6.07 Å². The lowest BCUT2D eigenvalue weighted by Gasteiger charge is -2.38. The number of halogens is 1. The molecule has 2 N–H and O–H groups in total. The summed E-state index contributed by atoms with van der Waals surface area (Å²) in [4.78, 5) is 1.91. The largest absolute Gasteiger partial charge is 0.390 e. The second-order valence-electron chi connectivity index (χ2n) is 5.34. The van der Waals surface area contributed by atoms with E-state index < -0.39 is 11.7 Å². The number of para-hydroxylation sites is 1. The van der Waals surface area contributed by atoms with E-state index in [9.17, 15) is 14.6 Å². The van der Waals surface area contributed by atoms with Crippen LogP contribution in [0.25, 0.3) is 0 Å². The van der Waals surface area contributed by atoms with Crippen molar-refractivity contribution < 1.29 is 14.6 Å². The van der Waals surface area contributed by atoms with Gasteiger partial charge in [-0.15, -0.1) is 0 Å². The Bertz CT molecular complexity index is 422. The monoisotopic (exact) mass is 253 g/mol. The van der Waals surface area contributed by atoms with Crippen molar-refractivity contribution >= 4 is 5.69 Å². The van der Waals surface area contributed by atoms with Crippen LogP contribution in [-0.4, -0.2) is 28.9 Å². The van der Waals surface area contributed by atoms with Crippen molar-refractivity contribution in [3.63, 3.8) is 0 Å². The molecule has 1 aromatic carbocycles. The van der Waals surface area contributed by atoms with Gasteiger partial charge in [-0.1, -0.05) is 12.1 Å². The van der Waals surface area contributed by atoms with E-state index in [0.717, 1.165) is 0 Å². The van der Waals surface area contributed by atoms with Crippen LogP contribution < -0.4 is 4.90 Å². The molecule has 0 aliphatic carbocycles. The van der Waals surface area contributed by atoms with Gasteiger partial charge < -0.3 is 15.1 Å². The fraction of sp³-hybridized carbons (Fsp3) is 0.571. The SMILES string of the molecule is C[C@@H](O)c1cccc(F)c1N1CCC(C)(O)CC1. The van der Waals surface area contributed by atoms with Crippen LogP contribution in [0.4, 0.5) is 10.1 Å². The van der Waals surface area contributed by atoms with E-state index in [1.54, 1.807) is 26.0 Å². The molecule has 18 heavy (non-hydrogen) atoms. The first-order chi connectivity index (χ1) is 8.41. The molecular weight excluding hydrogens is 233 g/mol. The molecular formula is C14H20FNO2. The molecule has 100 valence electrons. The topological polar surface area (TPSA) is 43.7 Å². The Morgan fingerprint density at radius 3 is 2.50 bits per heavy atom. The van der Waals surface area contributed by atoms with Crippen molar-refractivity contribution in [2.45, 2.75) is 38.4 Å². The molecule has 1 aliphatic rings. The first-order valence-electron chi connectivity index (χ1n) is 6.34. The van der Waals surface area contributed by atoms with Crippen LogP contribution in [0, 0.1) is 5.82 Å². The van der Waals surface area contributed by atoms with Gasteiger partial charge in [-0.05, 0) is 32.8 Å². The number of piperidine rings is 1. The van der Waals surface area contributed by atoms with E-state index in [0.29, 0.717) is 37.2 Å². The van der Waals surface area contributed by atoms with Crippen molar-refractivity contribution in [3.05, 3.63) is 29.6 Å². The summed E-state index contributed by atoms with van der Waals surface area (Å²) in [5, 5.41) is 19.6. The zero-order valence-electron chi connectivity index (χ0n) is 10.9. The molecule has 1 aliphatic heterocycles. The lowest BCUT2D eigenvalue weighted by Crippen LogP contribution is -2.43. The molecule has 1 heterocycles. The van der Waals surface area contributed by atoms with Crippen molar-refractivity contribution in [1.29, 1.82) is 0 Å². The second kappa shape index (κ2) is 4.86. The minimum absolute atomic E-state index is 0.310. The van der Waals surface area contributed by atoms with Crippen LogP contribution in [0.2, 0.25) is 0 Å². The van der Waals surface area contributed by atoms with E-state index in [4.69, 9.17) is 0 Å². The lowest BCUT2D eigenvalue weighted by atomic mass is 9.93. The van der Waals surface area contributed by atoms with Crippen LogP contribution in [0.1, 0.15) is 38.4 Å². The summed E-state index contributed by atoms with van der Waals surface area (Å²) in [6.45, 7) is 4.65. The maximum Gasteiger partial charge on any atom is 0.146 e. The second-order valence-corrected chi connectivity index (χ2v) is 5.34. The molecule has 0 saturated carbocycles. The van der Waals surface area contributed by atoms with Gasteiger partial charge in [0.1, 0.15) is 5.82 Å². The van der Waals surface area contributed by atoms with Crippen molar-refractivity contribution in [2.75, 3.05) is 18.0 Å². The third-order valence-electron chi connectivity index (χ3n) is 3.62. The van der Waals surface area contributed by atoms with Crippen molar-refractivity contribution in [3.8, 4) is 0 Å². The smallest absolute Gasteiger partial charge is 0.146 e. The summed E-state index contributed by atoms with van der Waals surface area (Å²) in [7, 11) is 0. The summed E-state index contributed by atoms with van der Waals surface area (Å²) in [5.41, 5.74) is 0.423. The zero-order chi connectivity index (χ0) is 13.3. The number of hydrogen-bond acceptors (Lipinski definition) is 3. The molecule has 1 fully saturated rings. The van der Waals surface area contributed by atoms with Gasteiger partial charge in [-0.2, -0.15) is 0 Å². The number of aliphatic hydroxyl groups excluding tert-OH is 1. The molecule has 4 heteroatoms. The summed E-state index contributed by atoms with van der Waals surface area (Å²) in [5.74, 6) is -0.310. The average molecular weight is 253 g/mol. The summed E-state index contributed by atoms with van der Waals surface area (Å²) in [6.07, 6.45) is 0.527. The van der Waals surface area contributed by atoms with Gasteiger partial charge >= 0.3 is 0 Å². The quantitative estimate of drug-likeness (QED) is 0.849. The van der Waals surface area contributed by atoms with Crippen LogP contribution in [0.5, 0.6) is 0 Å². The normalized spacial score (nSPS) is 20.8. The van der Waals surface area contributed by atoms with Crippen LogP contribution in [0.15, 0.2) is 18.2 Å². The molecule has 0 radical (unpaired) electrons. The van der Waals surface area contributed by atoms with E-state index >= 15 is 0 Å². The van der Waals surface area contributed by atoms with Gasteiger partial charge in [0, 0.05) is 18.7 Å². The van der Waals surface area contributed by atoms with Crippen molar-refractivity contribution in [1.82, 2.24) is 0 Å². The first-order valence-corrected chi connectivity index (χ1v) is 6.34. The Morgan fingerprint density at radius 1 is 1.33 bits per heavy atom. The third-order valence-corrected chi connectivity index (χ3v) is 3.62. The Kier molecular flexibility index (Phi) is 3.59. The maximum absolute atomic E-state index is 14.0. The number of benzene rings is 1. The molecule has 1 atom stereocenters. The van der Waals surface area contributed by atoms with E-state index in [-0.39, 0.29) is 5.82 Å². The molecule has 1 aromatic rings. The lowest BCUT2D eigenvalue weighted by molar-refractivity contribution is 0.0349. The van der Waals surface area contributed by atoms with E-state index in [1.807, 2.05) is 4.90 Å². The van der Waals surface area contributed by atoms with E-state index in [2.05, 4.69) is 0 Å². The third kappa shape index (κ3) is 2.65. The molecule has 2 rings (SSSR count). The highest BCUT2D eigenvalue weighted by molar-refractivity contribution is 5.56. The molecule has 3 nitrogen and oxygen atoms in total. The average Bonchev–Trinajstić information content (AvgIpc) is 2.29. The first kappa shape index (κ1) is 13.3. The van der Waals surface area contributed by atoms with Crippen molar-refractivity contribution in [2.24, 2.45) is 0 Å². The molecule has 0 unspecified atom stereocenters. The fourth-order valence-electron chi connectivity index (χ4n) is 2.41. The molecule has 0 aromatic heterocycles. The van der Waals surface area contributed by atoms with Gasteiger partial charge in [0.05, 0.1) is 17.4 Å². The highest BCUT2D eigenvalue weighted by atomic mass is 19.1. The van der Waals surface area contributed by atoms with Gasteiger partial charge in [0.15, 0.2) is 0 Å². The predicted octanol–water partition coefficient (Wildman–Crippen LogP) is 2.23. The summed E-state index contributed by atoms with van der Waals surface area (Å²) >= 11 is 0. The standard InChI is InChI=1S/C14H20FNO2/c1-10(17)11-4-3-5-12(15)13(11)16-8-6-14(2,18)7-9-16/h3-5,10,17-18H,6-9H2,1-2H3/t10-/m1/s1. The number of aliphatic hydroxyl groups is 2. The Hall–Kier alpha value is -1.13. The van der Waals surface area contributed by atoms with Gasteiger partial charge in [0.25, 0.3) is 0 Å². The minimum Gasteiger partial charge on any atom is -0.390 e.